The van der Waals surface area contributed by atoms with Gasteiger partial charge < -0.3 is 40.1 Å². The smallest absolute Gasteiger partial charge is 0.126 e. The van der Waals surface area contributed by atoms with E-state index in [2.05, 4.69) is 0 Å². The van der Waals surface area contributed by atoms with Crippen LogP contribution in [0.4, 0.5) is 8.78 Å². The highest BCUT2D eigenvalue weighted by Gasteiger charge is 2.54. The Kier molecular flexibility index (Phi) is 9.96. The lowest BCUT2D eigenvalue weighted by atomic mass is 9.71. The van der Waals surface area contributed by atoms with Crippen molar-refractivity contribution in [3.63, 3.8) is 0 Å². The van der Waals surface area contributed by atoms with Gasteiger partial charge in [0.2, 0.25) is 0 Å². The summed E-state index contributed by atoms with van der Waals surface area (Å²) in [6, 6.07) is 7.42. The van der Waals surface area contributed by atoms with E-state index in [1.807, 2.05) is 0 Å². The predicted molar refractivity (Wildman–Crippen MR) is 123 cm³/mol. The second-order valence-corrected chi connectivity index (χ2v) is 8.71. The minimum atomic E-state index is -2.77. The van der Waals surface area contributed by atoms with Gasteiger partial charge in [-0.2, -0.15) is 0 Å². The number of aliphatic hydroxyl groups is 6. The first-order chi connectivity index (χ1) is 16.4. The molecule has 0 heterocycles. The van der Waals surface area contributed by atoms with Crippen LogP contribution in [0.25, 0.3) is 0 Å². The molecule has 0 amide bonds. The van der Waals surface area contributed by atoms with Gasteiger partial charge in [0, 0.05) is 12.8 Å². The zero-order valence-corrected chi connectivity index (χ0v) is 20.0. The van der Waals surface area contributed by atoms with Crippen LogP contribution < -0.4 is 9.47 Å². The molecule has 0 saturated carbocycles. The zero-order valence-electron chi connectivity index (χ0n) is 20.0. The van der Waals surface area contributed by atoms with Crippen molar-refractivity contribution in [3.8, 4) is 11.5 Å². The van der Waals surface area contributed by atoms with Crippen LogP contribution in [0.1, 0.15) is 30.9 Å². The molecule has 2 aromatic carbocycles. The Morgan fingerprint density at radius 1 is 0.857 bits per heavy atom. The number of aliphatic hydroxyl groups excluding tert-OH is 4. The average molecular weight is 501 g/mol. The van der Waals surface area contributed by atoms with E-state index in [0.717, 1.165) is 12.1 Å². The van der Waals surface area contributed by atoms with Crippen LogP contribution in [0.2, 0.25) is 0 Å². The highest BCUT2D eigenvalue weighted by Crippen LogP contribution is 2.36. The molecule has 5 atom stereocenters. The fraction of sp³-hybridized carbons (Fsp3) is 0.520. The third-order valence-corrected chi connectivity index (χ3v) is 6.21. The summed E-state index contributed by atoms with van der Waals surface area (Å²) < 4.78 is 39.3. The summed E-state index contributed by atoms with van der Waals surface area (Å²) in [6.45, 7) is 0.687. The molecule has 0 saturated heterocycles. The van der Waals surface area contributed by atoms with E-state index in [1.165, 1.54) is 38.5 Å². The molecule has 0 aliphatic carbocycles. The maximum absolute atomic E-state index is 14.6. The van der Waals surface area contributed by atoms with Gasteiger partial charge in [0.25, 0.3) is 0 Å². The van der Waals surface area contributed by atoms with Gasteiger partial charge in [0.05, 0.1) is 26.4 Å². The van der Waals surface area contributed by atoms with Gasteiger partial charge in [-0.1, -0.05) is 13.3 Å². The van der Waals surface area contributed by atoms with Crippen molar-refractivity contribution in [1.82, 2.24) is 0 Å². The van der Waals surface area contributed by atoms with Gasteiger partial charge in [-0.3, -0.25) is 0 Å². The Balaban J connectivity index is 2.59. The molecular formula is C25H34F2O8. The molecule has 10 heteroatoms. The van der Waals surface area contributed by atoms with Crippen LogP contribution in [0.3, 0.4) is 0 Å². The average Bonchev–Trinajstić information content (AvgIpc) is 2.85. The standard InChI is InChI=1S/C25H34F2O8/c1-4-9-24(32,12-15-10-17(34-2)5-7-19(15)26)23(31)25(33,22(30)21(29)14-28)13-16-11-18(35-3)6-8-20(16)27/h5-8,10-11,21-23,28-33H,4,9,12-14H2,1-3H3/t21-,22+,23+,24?,25+/m0/s1. The SMILES string of the molecule is CCCC(O)(Cc1cc(OC)ccc1F)[C@@H](O)[C@@](O)(Cc1cc(OC)ccc1F)[C@H](O)[C@@H](O)CO. The largest absolute Gasteiger partial charge is 0.497 e. The van der Waals surface area contributed by atoms with Crippen molar-refractivity contribution in [3.05, 3.63) is 59.2 Å². The first-order valence-corrected chi connectivity index (χ1v) is 11.2. The molecule has 0 bridgehead atoms. The molecule has 0 fully saturated rings. The molecule has 2 aromatic rings. The summed E-state index contributed by atoms with van der Waals surface area (Å²) in [5.41, 5.74) is -5.23. The minimum Gasteiger partial charge on any atom is -0.497 e. The first-order valence-electron chi connectivity index (χ1n) is 11.2. The lowest BCUT2D eigenvalue weighted by Crippen LogP contribution is -2.66. The molecule has 0 aliphatic rings. The molecule has 196 valence electrons. The number of ether oxygens (including phenoxy) is 2. The zero-order chi connectivity index (χ0) is 26.4. The number of rotatable bonds is 13. The second kappa shape index (κ2) is 12.1. The third-order valence-electron chi connectivity index (χ3n) is 6.21. The van der Waals surface area contributed by atoms with Crippen molar-refractivity contribution < 1.29 is 48.9 Å². The van der Waals surface area contributed by atoms with Gasteiger partial charge in [0.1, 0.15) is 47.0 Å². The van der Waals surface area contributed by atoms with Gasteiger partial charge in [-0.25, -0.2) is 8.78 Å². The van der Waals surface area contributed by atoms with Gasteiger partial charge in [-0.05, 0) is 53.9 Å². The summed E-state index contributed by atoms with van der Waals surface area (Å²) in [6.07, 6.45) is -7.54. The fourth-order valence-electron chi connectivity index (χ4n) is 4.28. The number of hydrogen-bond acceptors (Lipinski definition) is 8. The van der Waals surface area contributed by atoms with Crippen LogP contribution in [-0.2, 0) is 12.8 Å². The Hall–Kier alpha value is -2.34. The number of halogens is 2. The molecule has 1 unspecified atom stereocenters. The summed E-state index contributed by atoms with van der Waals surface area (Å²) in [5, 5.41) is 64.6. The molecule has 0 radical (unpaired) electrons. The summed E-state index contributed by atoms with van der Waals surface area (Å²) >= 11 is 0. The molecule has 2 rings (SSSR count). The molecule has 35 heavy (non-hydrogen) atoms. The van der Waals surface area contributed by atoms with Crippen LogP contribution in [-0.4, -0.2) is 81.0 Å². The number of hydrogen-bond donors (Lipinski definition) is 6. The van der Waals surface area contributed by atoms with Crippen molar-refractivity contribution in [2.75, 3.05) is 20.8 Å². The van der Waals surface area contributed by atoms with E-state index < -0.39 is 60.6 Å². The Morgan fingerprint density at radius 3 is 1.77 bits per heavy atom. The van der Waals surface area contributed by atoms with E-state index >= 15 is 0 Å². The van der Waals surface area contributed by atoms with Crippen molar-refractivity contribution >= 4 is 0 Å². The summed E-state index contributed by atoms with van der Waals surface area (Å²) in [5.74, 6) is -0.997. The van der Waals surface area contributed by atoms with E-state index in [0.29, 0.717) is 5.75 Å². The van der Waals surface area contributed by atoms with Crippen LogP contribution in [0, 0.1) is 11.6 Å². The minimum absolute atomic E-state index is 0.0357. The molecule has 8 nitrogen and oxygen atoms in total. The molecule has 0 aliphatic heterocycles. The predicted octanol–water partition coefficient (Wildman–Crippen LogP) is 1.10. The van der Waals surface area contributed by atoms with E-state index in [4.69, 9.17) is 9.47 Å². The van der Waals surface area contributed by atoms with E-state index in [-0.39, 0.29) is 29.7 Å². The lowest BCUT2D eigenvalue weighted by molar-refractivity contribution is -0.230. The summed E-state index contributed by atoms with van der Waals surface area (Å²) in [7, 11) is 2.71. The number of methoxy groups -OCH3 is 2. The highest BCUT2D eigenvalue weighted by atomic mass is 19.1. The van der Waals surface area contributed by atoms with Crippen molar-refractivity contribution in [2.45, 2.75) is 62.1 Å². The highest BCUT2D eigenvalue weighted by molar-refractivity contribution is 5.33. The lowest BCUT2D eigenvalue weighted by Gasteiger charge is -2.46. The molecular weight excluding hydrogens is 466 g/mol. The van der Waals surface area contributed by atoms with E-state index in [1.54, 1.807) is 6.92 Å². The van der Waals surface area contributed by atoms with Crippen LogP contribution in [0.5, 0.6) is 11.5 Å². The maximum atomic E-state index is 14.6. The normalized spacial score (nSPS) is 17.7. The Morgan fingerprint density at radius 2 is 1.34 bits per heavy atom. The van der Waals surface area contributed by atoms with Crippen LogP contribution >= 0.6 is 0 Å². The number of benzene rings is 2. The topological polar surface area (TPSA) is 140 Å². The maximum Gasteiger partial charge on any atom is 0.126 e. The van der Waals surface area contributed by atoms with Gasteiger partial charge >= 0.3 is 0 Å². The van der Waals surface area contributed by atoms with Crippen molar-refractivity contribution in [2.24, 2.45) is 0 Å². The van der Waals surface area contributed by atoms with Crippen molar-refractivity contribution in [1.29, 1.82) is 0 Å². The third kappa shape index (κ3) is 6.46. The Labute approximate surface area is 203 Å². The van der Waals surface area contributed by atoms with Gasteiger partial charge in [0.15, 0.2) is 0 Å². The van der Waals surface area contributed by atoms with Gasteiger partial charge in [-0.15, -0.1) is 0 Å². The Bertz CT molecular complexity index is 974. The quantitative estimate of drug-likeness (QED) is 0.240. The fourth-order valence-corrected chi connectivity index (χ4v) is 4.28. The first kappa shape index (κ1) is 28.9. The molecule has 0 aromatic heterocycles. The van der Waals surface area contributed by atoms with E-state index in [9.17, 15) is 39.4 Å². The second-order valence-electron chi connectivity index (χ2n) is 8.71. The monoisotopic (exact) mass is 500 g/mol. The molecule has 6 N–H and O–H groups in total. The summed E-state index contributed by atoms with van der Waals surface area (Å²) in [4.78, 5) is 0. The molecule has 0 spiro atoms. The van der Waals surface area contributed by atoms with Crippen LogP contribution in [0.15, 0.2) is 36.4 Å².